The zero-order chi connectivity index (χ0) is 14.5. The second-order valence-corrected chi connectivity index (χ2v) is 5.63. The number of halogens is 1. The fourth-order valence-corrected chi connectivity index (χ4v) is 2.80. The van der Waals surface area contributed by atoms with E-state index in [1.807, 2.05) is 0 Å². The topological polar surface area (TPSA) is 66.4 Å². The number of nitrogens with one attached hydrogen (secondary N) is 1. The molecule has 0 heterocycles. The molecule has 1 aliphatic carbocycles. The number of hydrogen-bond donors (Lipinski definition) is 2. The second kappa shape index (κ2) is 6.75. The van der Waals surface area contributed by atoms with E-state index in [0.717, 1.165) is 32.1 Å². The Morgan fingerprint density at radius 3 is 2.30 bits per heavy atom. The summed E-state index contributed by atoms with van der Waals surface area (Å²) in [6, 6.07) is 5.62. The van der Waals surface area contributed by atoms with Gasteiger partial charge in [0.2, 0.25) is 0 Å². The maximum absolute atomic E-state index is 12.1. The highest BCUT2D eigenvalue weighted by Crippen LogP contribution is 2.26. The monoisotopic (exact) mass is 295 g/mol. The Balaban J connectivity index is 2.05. The lowest BCUT2D eigenvalue weighted by Crippen LogP contribution is -2.46. The van der Waals surface area contributed by atoms with Gasteiger partial charge < -0.3 is 10.4 Å². The third-order valence-corrected chi connectivity index (χ3v) is 4.03. The van der Waals surface area contributed by atoms with Crippen molar-refractivity contribution in [2.45, 2.75) is 38.1 Å². The van der Waals surface area contributed by atoms with Crippen LogP contribution in [0, 0.1) is 5.92 Å². The van der Waals surface area contributed by atoms with Gasteiger partial charge in [-0.2, -0.15) is 0 Å². The van der Waals surface area contributed by atoms with E-state index in [9.17, 15) is 14.7 Å². The van der Waals surface area contributed by atoms with Gasteiger partial charge in [-0.1, -0.05) is 30.9 Å². The molecule has 0 aromatic heterocycles. The van der Waals surface area contributed by atoms with Crippen LogP contribution in [-0.2, 0) is 4.79 Å². The van der Waals surface area contributed by atoms with E-state index >= 15 is 0 Å². The Morgan fingerprint density at radius 1 is 1.15 bits per heavy atom. The van der Waals surface area contributed by atoms with Gasteiger partial charge in [0.1, 0.15) is 6.04 Å². The van der Waals surface area contributed by atoms with Crippen molar-refractivity contribution in [3.8, 4) is 0 Å². The highest BCUT2D eigenvalue weighted by molar-refractivity contribution is 6.30. The first-order valence-corrected chi connectivity index (χ1v) is 7.25. The maximum atomic E-state index is 12.1. The summed E-state index contributed by atoms with van der Waals surface area (Å²) in [6.07, 6.45) is 4.93. The lowest BCUT2D eigenvalue weighted by molar-refractivity contribution is -0.141. The van der Waals surface area contributed by atoms with Crippen LogP contribution in [0.1, 0.15) is 42.5 Å². The summed E-state index contributed by atoms with van der Waals surface area (Å²) in [5.74, 6) is -1.30. The van der Waals surface area contributed by atoms with Gasteiger partial charge in [0.25, 0.3) is 5.91 Å². The molecule has 0 radical (unpaired) electrons. The van der Waals surface area contributed by atoms with Crippen LogP contribution in [0.25, 0.3) is 0 Å². The van der Waals surface area contributed by atoms with Gasteiger partial charge in [-0.3, -0.25) is 4.79 Å². The Morgan fingerprint density at radius 2 is 1.75 bits per heavy atom. The smallest absolute Gasteiger partial charge is 0.326 e. The van der Waals surface area contributed by atoms with E-state index in [2.05, 4.69) is 5.32 Å². The van der Waals surface area contributed by atoms with Crippen LogP contribution in [0.5, 0.6) is 0 Å². The van der Waals surface area contributed by atoms with Crippen molar-refractivity contribution in [3.63, 3.8) is 0 Å². The molecule has 2 N–H and O–H groups in total. The standard InChI is InChI=1S/C15H18ClNO3/c16-12-8-6-11(7-9-12)14(18)17-13(15(19)20)10-4-2-1-3-5-10/h6-10,13H,1-5H2,(H,17,18)(H,19,20). The van der Waals surface area contributed by atoms with Crippen LogP contribution in [0.15, 0.2) is 24.3 Å². The Labute approximate surface area is 123 Å². The molecule has 0 aliphatic heterocycles. The van der Waals surface area contributed by atoms with Crippen molar-refractivity contribution in [1.29, 1.82) is 0 Å². The van der Waals surface area contributed by atoms with E-state index in [0.29, 0.717) is 10.6 Å². The van der Waals surface area contributed by atoms with Crippen LogP contribution >= 0.6 is 11.6 Å². The zero-order valence-corrected chi connectivity index (χ0v) is 11.9. The third-order valence-electron chi connectivity index (χ3n) is 3.78. The molecule has 1 atom stereocenters. The number of aliphatic carboxylic acids is 1. The van der Waals surface area contributed by atoms with Gasteiger partial charge in [-0.15, -0.1) is 0 Å². The van der Waals surface area contributed by atoms with E-state index < -0.39 is 12.0 Å². The van der Waals surface area contributed by atoms with Gasteiger partial charge >= 0.3 is 5.97 Å². The molecule has 0 saturated heterocycles. The Kier molecular flexibility index (Phi) is 5.01. The number of carbonyl (C=O) groups excluding carboxylic acids is 1. The lowest BCUT2D eigenvalue weighted by atomic mass is 9.84. The van der Waals surface area contributed by atoms with E-state index in [1.165, 1.54) is 0 Å². The minimum absolute atomic E-state index is 0.0255. The fraction of sp³-hybridized carbons (Fsp3) is 0.467. The van der Waals surface area contributed by atoms with Crippen molar-refractivity contribution in [2.24, 2.45) is 5.92 Å². The number of hydrogen-bond acceptors (Lipinski definition) is 2. The summed E-state index contributed by atoms with van der Waals surface area (Å²) in [7, 11) is 0. The minimum atomic E-state index is -0.959. The lowest BCUT2D eigenvalue weighted by Gasteiger charge is -2.28. The van der Waals surface area contributed by atoms with Gasteiger partial charge in [0.15, 0.2) is 0 Å². The van der Waals surface area contributed by atoms with Crippen LogP contribution in [0.2, 0.25) is 5.02 Å². The normalized spacial score (nSPS) is 17.4. The Bertz CT molecular complexity index is 480. The van der Waals surface area contributed by atoms with Crippen LogP contribution < -0.4 is 5.32 Å². The highest BCUT2D eigenvalue weighted by Gasteiger charge is 2.30. The van der Waals surface area contributed by atoms with Crippen LogP contribution in [0.3, 0.4) is 0 Å². The van der Waals surface area contributed by atoms with E-state index in [4.69, 9.17) is 11.6 Å². The quantitative estimate of drug-likeness (QED) is 0.897. The molecular formula is C15H18ClNO3. The molecule has 1 amide bonds. The molecule has 2 rings (SSSR count). The second-order valence-electron chi connectivity index (χ2n) is 5.19. The number of benzene rings is 1. The highest BCUT2D eigenvalue weighted by atomic mass is 35.5. The van der Waals surface area contributed by atoms with Gasteiger partial charge in [-0.05, 0) is 43.0 Å². The largest absolute Gasteiger partial charge is 0.480 e. The summed E-state index contributed by atoms with van der Waals surface area (Å²) in [5, 5.41) is 12.5. The molecule has 4 nitrogen and oxygen atoms in total. The van der Waals surface area contributed by atoms with Crippen molar-refractivity contribution >= 4 is 23.5 Å². The van der Waals surface area contributed by atoms with E-state index in [-0.39, 0.29) is 11.8 Å². The number of carboxylic acid groups (broad SMARTS) is 1. The molecule has 1 fully saturated rings. The molecule has 5 heteroatoms. The summed E-state index contributed by atoms with van der Waals surface area (Å²) in [4.78, 5) is 23.5. The third kappa shape index (κ3) is 3.73. The van der Waals surface area contributed by atoms with Crippen molar-refractivity contribution in [1.82, 2.24) is 5.32 Å². The fourth-order valence-electron chi connectivity index (χ4n) is 2.67. The molecular weight excluding hydrogens is 278 g/mol. The summed E-state index contributed by atoms with van der Waals surface area (Å²) in [5.41, 5.74) is 0.427. The molecule has 108 valence electrons. The number of carboxylic acids is 1. The average Bonchev–Trinajstić information content (AvgIpc) is 2.46. The molecule has 0 bridgehead atoms. The first kappa shape index (κ1) is 14.9. The molecule has 1 aliphatic rings. The van der Waals surface area contributed by atoms with Gasteiger partial charge in [0, 0.05) is 10.6 Å². The van der Waals surface area contributed by atoms with Crippen molar-refractivity contribution in [2.75, 3.05) is 0 Å². The molecule has 1 aromatic rings. The summed E-state index contributed by atoms with van der Waals surface area (Å²) >= 11 is 5.77. The maximum Gasteiger partial charge on any atom is 0.326 e. The first-order chi connectivity index (χ1) is 9.58. The summed E-state index contributed by atoms with van der Waals surface area (Å²) in [6.45, 7) is 0. The molecule has 0 spiro atoms. The number of rotatable bonds is 4. The average molecular weight is 296 g/mol. The number of carbonyl (C=O) groups is 2. The predicted molar refractivity (Wildman–Crippen MR) is 76.9 cm³/mol. The molecule has 20 heavy (non-hydrogen) atoms. The minimum Gasteiger partial charge on any atom is -0.480 e. The zero-order valence-electron chi connectivity index (χ0n) is 11.1. The van der Waals surface area contributed by atoms with Crippen molar-refractivity contribution in [3.05, 3.63) is 34.9 Å². The molecule has 1 saturated carbocycles. The predicted octanol–water partition coefficient (Wildman–Crippen LogP) is 3.10. The van der Waals surface area contributed by atoms with Gasteiger partial charge in [0.05, 0.1) is 0 Å². The molecule has 1 unspecified atom stereocenters. The molecule has 1 aromatic carbocycles. The van der Waals surface area contributed by atoms with Crippen LogP contribution in [-0.4, -0.2) is 23.0 Å². The van der Waals surface area contributed by atoms with Gasteiger partial charge in [-0.25, -0.2) is 4.79 Å². The van der Waals surface area contributed by atoms with Crippen LogP contribution in [0.4, 0.5) is 0 Å². The Hall–Kier alpha value is -1.55. The summed E-state index contributed by atoms with van der Waals surface area (Å²) < 4.78 is 0. The SMILES string of the molecule is O=C(NC(C(=O)O)C1CCCCC1)c1ccc(Cl)cc1. The van der Waals surface area contributed by atoms with E-state index in [1.54, 1.807) is 24.3 Å². The van der Waals surface area contributed by atoms with Crippen molar-refractivity contribution < 1.29 is 14.7 Å². The number of amides is 1. The first-order valence-electron chi connectivity index (χ1n) is 6.87.